The molecule has 0 saturated heterocycles. The molecule has 1 aromatic heterocycles. The summed E-state index contributed by atoms with van der Waals surface area (Å²) in [5.41, 5.74) is 1.32. The summed E-state index contributed by atoms with van der Waals surface area (Å²) < 4.78 is 5.73. The summed E-state index contributed by atoms with van der Waals surface area (Å²) in [4.78, 5) is 4.37. The number of para-hydroxylation sites is 1. The van der Waals surface area contributed by atoms with Crippen molar-refractivity contribution >= 4 is 10.9 Å². The zero-order chi connectivity index (χ0) is 12.3. The Morgan fingerprint density at radius 1 is 1.18 bits per heavy atom. The van der Waals surface area contributed by atoms with E-state index in [0.29, 0.717) is 5.41 Å². The number of nitrogens with zero attached hydrogens (tertiary/aromatic N) is 1. The average Bonchev–Trinajstić information content (AvgIpc) is 2.27. The van der Waals surface area contributed by atoms with Gasteiger partial charge in [-0.25, -0.2) is 0 Å². The number of hydrogen-bond acceptors (Lipinski definition) is 2. The fraction of sp³-hybridized carbons (Fsp3) is 0.400. The Hall–Kier alpha value is -1.57. The smallest absolute Gasteiger partial charge is 0.138 e. The average molecular weight is 229 g/mol. The first-order valence-corrected chi connectivity index (χ1v) is 6.02. The highest BCUT2D eigenvalue weighted by Gasteiger charge is 2.09. The molecule has 2 aromatic rings. The Kier molecular flexibility index (Phi) is 3.32. The molecule has 2 nitrogen and oxygen atoms in total. The molecule has 0 bridgehead atoms. The van der Waals surface area contributed by atoms with Crippen molar-refractivity contribution in [3.8, 4) is 5.75 Å². The van der Waals surface area contributed by atoms with Gasteiger partial charge in [-0.1, -0.05) is 39.0 Å². The van der Waals surface area contributed by atoms with E-state index in [1.54, 1.807) is 6.20 Å². The third-order valence-electron chi connectivity index (χ3n) is 2.69. The topological polar surface area (TPSA) is 22.1 Å². The molecule has 1 aromatic carbocycles. The summed E-state index contributed by atoms with van der Waals surface area (Å²) >= 11 is 0. The first-order valence-electron chi connectivity index (χ1n) is 6.02. The highest BCUT2D eigenvalue weighted by molar-refractivity contribution is 5.79. The lowest BCUT2D eigenvalue weighted by Crippen LogP contribution is -2.11. The van der Waals surface area contributed by atoms with Crippen molar-refractivity contribution in [3.05, 3.63) is 36.5 Å². The Balaban J connectivity index is 2.04. The van der Waals surface area contributed by atoms with Crippen molar-refractivity contribution in [2.24, 2.45) is 5.41 Å². The summed E-state index contributed by atoms with van der Waals surface area (Å²) in [6.07, 6.45) is 2.84. The molecule has 0 atom stereocenters. The van der Waals surface area contributed by atoms with Crippen LogP contribution in [-0.4, -0.2) is 11.6 Å². The third kappa shape index (κ3) is 3.45. The predicted octanol–water partition coefficient (Wildman–Crippen LogP) is 4.05. The van der Waals surface area contributed by atoms with Gasteiger partial charge in [-0.05, 0) is 24.0 Å². The van der Waals surface area contributed by atoms with Gasteiger partial charge in [0.15, 0.2) is 0 Å². The van der Waals surface area contributed by atoms with E-state index in [9.17, 15) is 0 Å². The van der Waals surface area contributed by atoms with E-state index in [4.69, 9.17) is 4.74 Å². The van der Waals surface area contributed by atoms with Gasteiger partial charge in [0.2, 0.25) is 0 Å². The van der Waals surface area contributed by atoms with Crippen LogP contribution < -0.4 is 4.74 Å². The summed E-state index contributed by atoms with van der Waals surface area (Å²) in [5, 5.41) is 1.13. The number of aromatic nitrogens is 1. The van der Waals surface area contributed by atoms with Crippen molar-refractivity contribution in [2.45, 2.75) is 27.2 Å². The van der Waals surface area contributed by atoms with Crippen LogP contribution in [0.3, 0.4) is 0 Å². The van der Waals surface area contributed by atoms with Crippen molar-refractivity contribution in [3.63, 3.8) is 0 Å². The first kappa shape index (κ1) is 11.9. The number of hydrogen-bond donors (Lipinski definition) is 0. The van der Waals surface area contributed by atoms with Crippen LogP contribution in [0.25, 0.3) is 10.9 Å². The highest BCUT2D eigenvalue weighted by atomic mass is 16.5. The highest BCUT2D eigenvalue weighted by Crippen LogP contribution is 2.21. The Morgan fingerprint density at radius 2 is 1.94 bits per heavy atom. The second kappa shape index (κ2) is 4.74. The summed E-state index contributed by atoms with van der Waals surface area (Å²) in [6, 6.07) is 10.1. The van der Waals surface area contributed by atoms with E-state index < -0.39 is 0 Å². The molecule has 0 N–H and O–H groups in total. The molecule has 2 heteroatoms. The van der Waals surface area contributed by atoms with E-state index in [0.717, 1.165) is 29.7 Å². The van der Waals surface area contributed by atoms with Crippen LogP contribution >= 0.6 is 0 Å². The Bertz CT molecular complexity index is 499. The van der Waals surface area contributed by atoms with Gasteiger partial charge in [-0.2, -0.15) is 0 Å². The SMILES string of the molecule is CC(C)(C)CCOc1cnc2ccccc2c1. The molecule has 0 fully saturated rings. The van der Waals surface area contributed by atoms with Crippen LogP contribution in [0.2, 0.25) is 0 Å². The summed E-state index contributed by atoms with van der Waals surface area (Å²) in [7, 11) is 0. The van der Waals surface area contributed by atoms with Gasteiger partial charge in [0.1, 0.15) is 5.75 Å². The molecule has 17 heavy (non-hydrogen) atoms. The second-order valence-corrected chi connectivity index (χ2v) is 5.52. The van der Waals surface area contributed by atoms with Crippen molar-refractivity contribution in [2.75, 3.05) is 6.61 Å². The van der Waals surface area contributed by atoms with Crippen LogP contribution in [-0.2, 0) is 0 Å². The summed E-state index contributed by atoms with van der Waals surface area (Å²) in [6.45, 7) is 7.39. The molecular weight excluding hydrogens is 210 g/mol. The minimum absolute atomic E-state index is 0.310. The molecule has 0 aliphatic carbocycles. The maximum atomic E-state index is 5.73. The Morgan fingerprint density at radius 3 is 2.71 bits per heavy atom. The van der Waals surface area contributed by atoms with Crippen molar-refractivity contribution in [1.82, 2.24) is 4.98 Å². The van der Waals surface area contributed by atoms with Gasteiger partial charge >= 0.3 is 0 Å². The molecule has 0 radical (unpaired) electrons. The van der Waals surface area contributed by atoms with Gasteiger partial charge in [0, 0.05) is 5.39 Å². The van der Waals surface area contributed by atoms with Crippen LogP contribution in [0.4, 0.5) is 0 Å². The first-order chi connectivity index (χ1) is 8.04. The quantitative estimate of drug-likeness (QED) is 0.792. The molecule has 0 amide bonds. The minimum atomic E-state index is 0.310. The largest absolute Gasteiger partial charge is 0.492 e. The zero-order valence-electron chi connectivity index (χ0n) is 10.7. The zero-order valence-corrected chi connectivity index (χ0v) is 10.7. The van der Waals surface area contributed by atoms with Gasteiger partial charge < -0.3 is 4.74 Å². The lowest BCUT2D eigenvalue weighted by Gasteiger charge is -2.18. The fourth-order valence-corrected chi connectivity index (χ4v) is 1.60. The number of rotatable bonds is 3. The van der Waals surface area contributed by atoms with Crippen molar-refractivity contribution in [1.29, 1.82) is 0 Å². The van der Waals surface area contributed by atoms with Crippen LogP contribution in [0.1, 0.15) is 27.2 Å². The molecule has 0 aliphatic rings. The van der Waals surface area contributed by atoms with Gasteiger partial charge in [-0.15, -0.1) is 0 Å². The number of ether oxygens (including phenoxy) is 1. The normalized spacial score (nSPS) is 11.7. The van der Waals surface area contributed by atoms with E-state index >= 15 is 0 Å². The number of fused-ring (bicyclic) bond motifs is 1. The molecule has 1 heterocycles. The third-order valence-corrected chi connectivity index (χ3v) is 2.69. The van der Waals surface area contributed by atoms with Gasteiger partial charge in [0.05, 0.1) is 18.3 Å². The van der Waals surface area contributed by atoms with Gasteiger partial charge in [-0.3, -0.25) is 4.98 Å². The maximum Gasteiger partial charge on any atom is 0.138 e. The van der Waals surface area contributed by atoms with E-state index in [-0.39, 0.29) is 0 Å². The fourth-order valence-electron chi connectivity index (χ4n) is 1.60. The van der Waals surface area contributed by atoms with Crippen molar-refractivity contribution < 1.29 is 4.74 Å². The Labute approximate surface area is 103 Å². The molecule has 0 saturated carbocycles. The number of pyridine rings is 1. The second-order valence-electron chi connectivity index (χ2n) is 5.52. The lowest BCUT2D eigenvalue weighted by atomic mass is 9.93. The molecule has 2 rings (SSSR count). The van der Waals surface area contributed by atoms with E-state index in [2.05, 4.69) is 31.8 Å². The molecule has 0 unspecified atom stereocenters. The van der Waals surface area contributed by atoms with E-state index in [1.807, 2.05) is 24.3 Å². The van der Waals surface area contributed by atoms with E-state index in [1.165, 1.54) is 0 Å². The maximum absolute atomic E-state index is 5.73. The minimum Gasteiger partial charge on any atom is -0.492 e. The molecule has 0 spiro atoms. The monoisotopic (exact) mass is 229 g/mol. The lowest BCUT2D eigenvalue weighted by molar-refractivity contribution is 0.242. The molecule has 0 aliphatic heterocycles. The number of benzene rings is 1. The van der Waals surface area contributed by atoms with Gasteiger partial charge in [0.25, 0.3) is 0 Å². The van der Waals surface area contributed by atoms with Crippen LogP contribution in [0, 0.1) is 5.41 Å². The summed E-state index contributed by atoms with van der Waals surface area (Å²) in [5.74, 6) is 0.855. The van der Waals surface area contributed by atoms with Crippen LogP contribution in [0.5, 0.6) is 5.75 Å². The molecule has 90 valence electrons. The van der Waals surface area contributed by atoms with Crippen LogP contribution in [0.15, 0.2) is 36.5 Å². The predicted molar refractivity (Wildman–Crippen MR) is 71.3 cm³/mol. The molecular formula is C15H19NO. The standard InChI is InChI=1S/C15H19NO/c1-15(2,3)8-9-17-13-10-12-6-4-5-7-14(12)16-11-13/h4-7,10-11H,8-9H2,1-3H3.